The van der Waals surface area contributed by atoms with E-state index in [1.807, 2.05) is 38.1 Å². The highest BCUT2D eigenvalue weighted by atomic mass is 16.3. The number of nitrogens with two attached hydrogens (primary N) is 2. The SMILES string of the molecule is CC(C)(CO)C(N)c1cccc(N)c1. The van der Waals surface area contributed by atoms with Crippen LogP contribution in [0.5, 0.6) is 0 Å². The van der Waals surface area contributed by atoms with Gasteiger partial charge in [-0.05, 0) is 17.7 Å². The Labute approximate surface area is 84.7 Å². The van der Waals surface area contributed by atoms with Gasteiger partial charge < -0.3 is 16.6 Å². The first-order valence-electron chi connectivity index (χ1n) is 4.69. The molecule has 0 aliphatic rings. The van der Waals surface area contributed by atoms with Crippen LogP contribution in [0, 0.1) is 5.41 Å². The second kappa shape index (κ2) is 3.98. The molecule has 1 aromatic rings. The lowest BCUT2D eigenvalue weighted by Crippen LogP contribution is -2.32. The van der Waals surface area contributed by atoms with Gasteiger partial charge >= 0.3 is 0 Å². The van der Waals surface area contributed by atoms with E-state index in [4.69, 9.17) is 11.5 Å². The van der Waals surface area contributed by atoms with E-state index in [-0.39, 0.29) is 18.1 Å². The minimum absolute atomic E-state index is 0.0585. The normalized spacial score (nSPS) is 14.0. The number of hydrogen-bond acceptors (Lipinski definition) is 3. The Morgan fingerprint density at radius 1 is 1.43 bits per heavy atom. The van der Waals surface area contributed by atoms with Crippen molar-refractivity contribution in [1.82, 2.24) is 0 Å². The minimum atomic E-state index is -0.326. The van der Waals surface area contributed by atoms with Crippen molar-refractivity contribution in [3.63, 3.8) is 0 Å². The van der Waals surface area contributed by atoms with Gasteiger partial charge in [0.25, 0.3) is 0 Å². The Hall–Kier alpha value is -1.06. The monoisotopic (exact) mass is 194 g/mol. The first kappa shape index (κ1) is 11.0. The van der Waals surface area contributed by atoms with Gasteiger partial charge in [-0.2, -0.15) is 0 Å². The minimum Gasteiger partial charge on any atom is -0.399 e. The van der Waals surface area contributed by atoms with Gasteiger partial charge in [0.05, 0.1) is 0 Å². The quantitative estimate of drug-likeness (QED) is 0.635. The fourth-order valence-electron chi connectivity index (χ4n) is 1.30. The zero-order valence-corrected chi connectivity index (χ0v) is 8.70. The van der Waals surface area contributed by atoms with Crippen LogP contribution in [0.4, 0.5) is 5.69 Å². The predicted molar refractivity (Wildman–Crippen MR) is 58.6 cm³/mol. The third-order valence-corrected chi connectivity index (χ3v) is 2.52. The summed E-state index contributed by atoms with van der Waals surface area (Å²) >= 11 is 0. The summed E-state index contributed by atoms with van der Waals surface area (Å²) < 4.78 is 0. The van der Waals surface area contributed by atoms with Crippen molar-refractivity contribution in [1.29, 1.82) is 0 Å². The molecule has 0 fully saturated rings. The summed E-state index contributed by atoms with van der Waals surface area (Å²) in [5.41, 5.74) is 13.0. The molecule has 78 valence electrons. The maximum atomic E-state index is 9.18. The molecule has 1 rings (SSSR count). The van der Waals surface area contributed by atoms with Crippen LogP contribution < -0.4 is 11.5 Å². The summed E-state index contributed by atoms with van der Waals surface area (Å²) in [4.78, 5) is 0. The fraction of sp³-hybridized carbons (Fsp3) is 0.455. The van der Waals surface area contributed by atoms with Gasteiger partial charge in [-0.1, -0.05) is 26.0 Å². The highest BCUT2D eigenvalue weighted by Gasteiger charge is 2.26. The molecule has 0 aromatic heterocycles. The van der Waals surface area contributed by atoms with Crippen LogP contribution in [0.3, 0.4) is 0 Å². The smallest absolute Gasteiger partial charge is 0.0500 e. The molecule has 0 amide bonds. The van der Waals surface area contributed by atoms with Gasteiger partial charge in [0.15, 0.2) is 0 Å². The van der Waals surface area contributed by atoms with Crippen LogP contribution in [-0.2, 0) is 0 Å². The maximum Gasteiger partial charge on any atom is 0.0500 e. The molecule has 0 spiro atoms. The van der Waals surface area contributed by atoms with E-state index in [1.165, 1.54) is 0 Å². The van der Waals surface area contributed by atoms with Crippen LogP contribution in [-0.4, -0.2) is 11.7 Å². The molecule has 14 heavy (non-hydrogen) atoms. The van der Waals surface area contributed by atoms with Crippen molar-refractivity contribution < 1.29 is 5.11 Å². The van der Waals surface area contributed by atoms with Gasteiger partial charge in [0.1, 0.15) is 0 Å². The Bertz CT molecular complexity index is 310. The first-order valence-corrected chi connectivity index (χ1v) is 4.69. The molecule has 0 saturated heterocycles. The third-order valence-electron chi connectivity index (χ3n) is 2.52. The number of benzene rings is 1. The number of aliphatic hydroxyl groups excluding tert-OH is 1. The van der Waals surface area contributed by atoms with Crippen LogP contribution in [0.2, 0.25) is 0 Å². The molecule has 0 radical (unpaired) electrons. The first-order chi connectivity index (χ1) is 6.47. The molecule has 0 bridgehead atoms. The molecule has 3 heteroatoms. The standard InChI is InChI=1S/C11H18N2O/c1-11(2,7-14)10(13)8-4-3-5-9(12)6-8/h3-6,10,14H,7,12-13H2,1-2H3. The molecule has 0 saturated carbocycles. The Balaban J connectivity index is 2.94. The Morgan fingerprint density at radius 3 is 2.57 bits per heavy atom. The lowest BCUT2D eigenvalue weighted by Gasteiger charge is -2.29. The molecule has 0 heterocycles. The summed E-state index contributed by atoms with van der Waals surface area (Å²) in [7, 11) is 0. The van der Waals surface area contributed by atoms with Gasteiger partial charge in [0.2, 0.25) is 0 Å². The van der Waals surface area contributed by atoms with E-state index in [0.717, 1.165) is 5.56 Å². The van der Waals surface area contributed by atoms with E-state index in [9.17, 15) is 5.11 Å². The zero-order valence-electron chi connectivity index (χ0n) is 8.70. The molecule has 1 atom stereocenters. The number of rotatable bonds is 3. The van der Waals surface area contributed by atoms with Crippen LogP contribution in [0.25, 0.3) is 0 Å². The largest absolute Gasteiger partial charge is 0.399 e. The number of anilines is 1. The topological polar surface area (TPSA) is 72.3 Å². The van der Waals surface area contributed by atoms with E-state index in [1.54, 1.807) is 0 Å². The third kappa shape index (κ3) is 2.25. The predicted octanol–water partition coefficient (Wildman–Crippen LogP) is 1.29. The summed E-state index contributed by atoms with van der Waals surface area (Å²) in [6.07, 6.45) is 0. The van der Waals surface area contributed by atoms with Crippen molar-refractivity contribution in [2.75, 3.05) is 12.3 Å². The average Bonchev–Trinajstić information content (AvgIpc) is 2.16. The molecular formula is C11H18N2O. The van der Waals surface area contributed by atoms with Crippen LogP contribution >= 0.6 is 0 Å². The van der Waals surface area contributed by atoms with Gasteiger partial charge in [0, 0.05) is 23.8 Å². The molecule has 0 aliphatic carbocycles. The molecule has 1 unspecified atom stereocenters. The summed E-state index contributed by atoms with van der Waals surface area (Å²) in [6.45, 7) is 3.92. The van der Waals surface area contributed by atoms with E-state index in [0.29, 0.717) is 5.69 Å². The molecular weight excluding hydrogens is 176 g/mol. The number of aliphatic hydroxyl groups is 1. The maximum absolute atomic E-state index is 9.18. The lowest BCUT2D eigenvalue weighted by molar-refractivity contribution is 0.132. The summed E-state index contributed by atoms with van der Waals surface area (Å²) in [5.74, 6) is 0. The zero-order chi connectivity index (χ0) is 10.8. The number of nitrogen functional groups attached to an aromatic ring is 1. The van der Waals surface area contributed by atoms with Crippen molar-refractivity contribution in [2.45, 2.75) is 19.9 Å². The average molecular weight is 194 g/mol. The van der Waals surface area contributed by atoms with E-state index >= 15 is 0 Å². The van der Waals surface area contributed by atoms with Gasteiger partial charge in [-0.15, -0.1) is 0 Å². The van der Waals surface area contributed by atoms with Crippen molar-refractivity contribution in [3.8, 4) is 0 Å². The van der Waals surface area contributed by atoms with E-state index in [2.05, 4.69) is 0 Å². The Morgan fingerprint density at radius 2 is 2.07 bits per heavy atom. The van der Waals surface area contributed by atoms with E-state index < -0.39 is 0 Å². The highest BCUT2D eigenvalue weighted by Crippen LogP contribution is 2.31. The second-order valence-electron chi connectivity index (χ2n) is 4.29. The number of hydrogen-bond donors (Lipinski definition) is 3. The molecule has 3 nitrogen and oxygen atoms in total. The molecule has 5 N–H and O–H groups in total. The Kier molecular flexibility index (Phi) is 3.13. The van der Waals surface area contributed by atoms with Crippen molar-refractivity contribution in [2.24, 2.45) is 11.1 Å². The van der Waals surface area contributed by atoms with Gasteiger partial charge in [-0.25, -0.2) is 0 Å². The van der Waals surface area contributed by atoms with Crippen LogP contribution in [0.15, 0.2) is 24.3 Å². The summed E-state index contributed by atoms with van der Waals surface area (Å²) in [6, 6.07) is 7.27. The van der Waals surface area contributed by atoms with Gasteiger partial charge in [-0.3, -0.25) is 0 Å². The highest BCUT2D eigenvalue weighted by molar-refractivity contribution is 5.42. The second-order valence-corrected chi connectivity index (χ2v) is 4.29. The lowest BCUT2D eigenvalue weighted by atomic mass is 9.82. The van der Waals surface area contributed by atoms with Crippen molar-refractivity contribution >= 4 is 5.69 Å². The summed E-state index contributed by atoms with van der Waals surface area (Å²) in [5, 5.41) is 9.18. The molecule has 1 aromatic carbocycles. The van der Waals surface area contributed by atoms with Crippen LogP contribution in [0.1, 0.15) is 25.5 Å². The van der Waals surface area contributed by atoms with Crippen molar-refractivity contribution in [3.05, 3.63) is 29.8 Å². The fourth-order valence-corrected chi connectivity index (χ4v) is 1.30. The molecule has 0 aliphatic heterocycles.